The van der Waals surface area contributed by atoms with Gasteiger partial charge in [0.05, 0.1) is 18.1 Å². The topological polar surface area (TPSA) is 70.3 Å². The maximum Gasteiger partial charge on any atom is 0.387 e. The summed E-state index contributed by atoms with van der Waals surface area (Å²) >= 11 is 5.70. The van der Waals surface area contributed by atoms with Crippen molar-refractivity contribution < 1.29 is 23.4 Å². The highest BCUT2D eigenvalue weighted by Gasteiger charge is 2.17. The Morgan fingerprint density at radius 2 is 2.24 bits per heavy atom. The molecule has 0 heterocycles. The molecule has 0 fully saturated rings. The van der Waals surface area contributed by atoms with E-state index in [9.17, 15) is 13.6 Å². The van der Waals surface area contributed by atoms with Crippen LogP contribution in [0.15, 0.2) is 12.1 Å². The Hall–Kier alpha value is -1.87. The lowest BCUT2D eigenvalue weighted by molar-refractivity contribution is -0.136. The van der Waals surface area contributed by atoms with Gasteiger partial charge in [-0.25, -0.2) is 0 Å². The average molecular weight is 262 g/mol. The van der Waals surface area contributed by atoms with Crippen molar-refractivity contribution >= 4 is 17.6 Å². The van der Waals surface area contributed by atoms with Crippen LogP contribution in [0.5, 0.6) is 5.75 Å². The second-order valence-electron chi connectivity index (χ2n) is 3.00. The first-order valence-corrected chi connectivity index (χ1v) is 4.71. The van der Waals surface area contributed by atoms with Crippen LogP contribution in [0.1, 0.15) is 11.1 Å². The average Bonchev–Trinajstić information content (AvgIpc) is 2.21. The van der Waals surface area contributed by atoms with Gasteiger partial charge in [0.15, 0.2) is 0 Å². The zero-order valence-electron chi connectivity index (χ0n) is 8.28. The molecule has 0 aliphatic rings. The van der Waals surface area contributed by atoms with Crippen molar-refractivity contribution in [1.29, 1.82) is 5.26 Å². The third-order valence-corrected chi connectivity index (χ3v) is 2.16. The Labute approximate surface area is 100.0 Å². The fraction of sp³-hybridized carbons (Fsp3) is 0.200. The van der Waals surface area contributed by atoms with Crippen LogP contribution in [-0.2, 0) is 11.2 Å². The Morgan fingerprint density at radius 3 is 2.71 bits per heavy atom. The van der Waals surface area contributed by atoms with Gasteiger partial charge in [-0.1, -0.05) is 11.6 Å². The van der Waals surface area contributed by atoms with Crippen molar-refractivity contribution in [3.8, 4) is 11.8 Å². The number of carbonyl (C=O) groups is 1. The summed E-state index contributed by atoms with van der Waals surface area (Å²) in [6.45, 7) is -3.12. The van der Waals surface area contributed by atoms with E-state index in [1.165, 1.54) is 6.07 Å². The monoisotopic (exact) mass is 261 g/mol. The quantitative estimate of drug-likeness (QED) is 0.904. The highest BCUT2D eigenvalue weighted by Crippen LogP contribution is 2.30. The summed E-state index contributed by atoms with van der Waals surface area (Å²) in [6, 6.07) is 3.92. The van der Waals surface area contributed by atoms with Crippen LogP contribution < -0.4 is 4.74 Å². The van der Waals surface area contributed by atoms with Crippen molar-refractivity contribution in [2.24, 2.45) is 0 Å². The maximum atomic E-state index is 12.1. The minimum absolute atomic E-state index is 0.0137. The molecule has 0 aromatic heterocycles. The molecule has 0 aliphatic heterocycles. The van der Waals surface area contributed by atoms with Crippen molar-refractivity contribution in [1.82, 2.24) is 0 Å². The summed E-state index contributed by atoms with van der Waals surface area (Å²) in [6.07, 6.45) is -0.563. The van der Waals surface area contributed by atoms with E-state index in [0.29, 0.717) is 0 Å². The molecule has 0 spiro atoms. The Balaban J connectivity index is 3.24. The van der Waals surface area contributed by atoms with E-state index in [1.54, 1.807) is 6.07 Å². The number of carboxylic acid groups (broad SMARTS) is 1. The molecule has 0 amide bonds. The number of ether oxygens (including phenoxy) is 1. The molecule has 0 saturated heterocycles. The number of aliphatic carboxylic acids is 1. The van der Waals surface area contributed by atoms with Crippen LogP contribution in [0, 0.1) is 11.3 Å². The third-order valence-electron chi connectivity index (χ3n) is 1.83. The number of benzene rings is 1. The normalized spacial score (nSPS) is 10.1. The van der Waals surface area contributed by atoms with E-state index in [4.69, 9.17) is 22.0 Å². The molecule has 1 aromatic rings. The Kier molecular flexibility index (Phi) is 4.24. The standard InChI is InChI=1S/C10H6ClF2NO3/c11-7-1-5(4-14)2-8(17-10(12)13)6(7)3-9(15)16/h1-2,10H,3H2,(H,15,16). The summed E-state index contributed by atoms with van der Waals surface area (Å²) in [7, 11) is 0. The second kappa shape index (κ2) is 5.46. The molecule has 0 radical (unpaired) electrons. The van der Waals surface area contributed by atoms with E-state index >= 15 is 0 Å². The summed E-state index contributed by atoms with van der Waals surface area (Å²) in [5, 5.41) is 17.1. The number of halogens is 3. The molecule has 0 saturated carbocycles. The lowest BCUT2D eigenvalue weighted by atomic mass is 10.1. The molecule has 17 heavy (non-hydrogen) atoms. The molecular weight excluding hydrogens is 256 g/mol. The highest BCUT2D eigenvalue weighted by atomic mass is 35.5. The van der Waals surface area contributed by atoms with Gasteiger partial charge in [0.25, 0.3) is 0 Å². The van der Waals surface area contributed by atoms with Gasteiger partial charge < -0.3 is 9.84 Å². The molecule has 90 valence electrons. The predicted molar refractivity (Wildman–Crippen MR) is 54.1 cm³/mol. The summed E-state index contributed by atoms with van der Waals surface area (Å²) in [5.41, 5.74) is -0.0711. The van der Waals surface area contributed by atoms with Gasteiger partial charge in [0.2, 0.25) is 0 Å². The van der Waals surface area contributed by atoms with Gasteiger partial charge in [-0.2, -0.15) is 14.0 Å². The molecule has 1 N–H and O–H groups in total. The Morgan fingerprint density at radius 1 is 1.59 bits per heavy atom. The molecule has 0 unspecified atom stereocenters. The van der Waals surface area contributed by atoms with Gasteiger partial charge in [0.1, 0.15) is 5.75 Å². The van der Waals surface area contributed by atoms with Crippen LogP contribution in [0.2, 0.25) is 5.02 Å². The predicted octanol–water partition coefficient (Wildman–Crippen LogP) is 2.44. The van der Waals surface area contributed by atoms with E-state index in [1.807, 2.05) is 0 Å². The highest BCUT2D eigenvalue weighted by molar-refractivity contribution is 6.31. The number of hydrogen-bond donors (Lipinski definition) is 1. The van der Waals surface area contributed by atoms with Crippen molar-refractivity contribution in [3.05, 3.63) is 28.3 Å². The van der Waals surface area contributed by atoms with Crippen LogP contribution in [-0.4, -0.2) is 17.7 Å². The molecule has 1 rings (SSSR count). The van der Waals surface area contributed by atoms with Crippen molar-refractivity contribution in [2.75, 3.05) is 0 Å². The lowest BCUT2D eigenvalue weighted by Gasteiger charge is -2.11. The molecule has 1 aromatic carbocycles. The summed E-state index contributed by atoms with van der Waals surface area (Å²) < 4.78 is 28.4. The van der Waals surface area contributed by atoms with Crippen LogP contribution in [0.4, 0.5) is 8.78 Å². The lowest BCUT2D eigenvalue weighted by Crippen LogP contribution is -2.08. The van der Waals surface area contributed by atoms with E-state index in [2.05, 4.69) is 4.74 Å². The second-order valence-corrected chi connectivity index (χ2v) is 3.40. The fourth-order valence-corrected chi connectivity index (χ4v) is 1.48. The first-order valence-electron chi connectivity index (χ1n) is 4.33. The van der Waals surface area contributed by atoms with Crippen LogP contribution in [0.25, 0.3) is 0 Å². The first-order chi connectivity index (χ1) is 7.93. The van der Waals surface area contributed by atoms with Crippen molar-refractivity contribution in [3.63, 3.8) is 0 Å². The van der Waals surface area contributed by atoms with E-state index in [0.717, 1.165) is 6.07 Å². The molecule has 7 heteroatoms. The van der Waals surface area contributed by atoms with E-state index < -0.39 is 24.8 Å². The first kappa shape index (κ1) is 13.2. The van der Waals surface area contributed by atoms with Crippen LogP contribution >= 0.6 is 11.6 Å². The van der Waals surface area contributed by atoms with Gasteiger partial charge in [-0.15, -0.1) is 0 Å². The zero-order chi connectivity index (χ0) is 13.0. The number of hydrogen-bond acceptors (Lipinski definition) is 3. The van der Waals surface area contributed by atoms with Crippen molar-refractivity contribution in [2.45, 2.75) is 13.0 Å². The summed E-state index contributed by atoms with van der Waals surface area (Å²) in [5.74, 6) is -1.64. The number of nitrogens with zero attached hydrogens (tertiary/aromatic N) is 1. The zero-order valence-corrected chi connectivity index (χ0v) is 9.04. The smallest absolute Gasteiger partial charge is 0.387 e. The van der Waals surface area contributed by atoms with Gasteiger partial charge in [0, 0.05) is 10.6 Å². The number of alkyl halides is 2. The number of carboxylic acids is 1. The number of nitriles is 1. The largest absolute Gasteiger partial charge is 0.481 e. The molecule has 4 nitrogen and oxygen atoms in total. The number of rotatable bonds is 4. The third kappa shape index (κ3) is 3.57. The SMILES string of the molecule is N#Cc1cc(Cl)c(CC(=O)O)c(OC(F)F)c1. The Bertz CT molecular complexity index is 485. The van der Waals surface area contributed by atoms with Crippen LogP contribution in [0.3, 0.4) is 0 Å². The van der Waals surface area contributed by atoms with Gasteiger partial charge in [-0.05, 0) is 12.1 Å². The van der Waals surface area contributed by atoms with Gasteiger partial charge in [-0.3, -0.25) is 4.79 Å². The summed E-state index contributed by atoms with van der Waals surface area (Å²) in [4.78, 5) is 10.5. The maximum absolute atomic E-state index is 12.1. The fourth-order valence-electron chi connectivity index (χ4n) is 1.20. The van der Waals surface area contributed by atoms with Gasteiger partial charge >= 0.3 is 12.6 Å². The minimum Gasteiger partial charge on any atom is -0.481 e. The molecular formula is C10H6ClF2NO3. The minimum atomic E-state index is -3.12. The molecule has 0 atom stereocenters. The molecule has 0 aliphatic carbocycles. The van der Waals surface area contributed by atoms with E-state index in [-0.39, 0.29) is 16.1 Å². The molecule has 0 bridgehead atoms.